The van der Waals surface area contributed by atoms with Crippen molar-refractivity contribution in [2.45, 2.75) is 31.5 Å². The first-order valence-electron chi connectivity index (χ1n) is 8.20. The maximum absolute atomic E-state index is 12.3. The molecule has 2 aromatic rings. The summed E-state index contributed by atoms with van der Waals surface area (Å²) in [6.45, 7) is 5.46. The molecule has 1 atom stereocenters. The van der Waals surface area contributed by atoms with Gasteiger partial charge < -0.3 is 14.8 Å². The molecule has 1 aromatic carbocycles. The van der Waals surface area contributed by atoms with Crippen LogP contribution >= 0.6 is 11.8 Å². The van der Waals surface area contributed by atoms with Crippen molar-refractivity contribution in [1.82, 2.24) is 25.5 Å². The highest BCUT2D eigenvalue weighted by molar-refractivity contribution is 7.99. The van der Waals surface area contributed by atoms with Crippen LogP contribution in [0.3, 0.4) is 0 Å². The minimum absolute atomic E-state index is 0.0252. The number of methoxy groups -OCH3 is 2. The molecule has 0 aliphatic carbocycles. The second-order valence-corrected chi connectivity index (χ2v) is 7.16. The van der Waals surface area contributed by atoms with Crippen molar-refractivity contribution in [2.75, 3.05) is 20.0 Å². The predicted molar refractivity (Wildman–Crippen MR) is 100.0 cm³/mol. The van der Waals surface area contributed by atoms with E-state index in [1.54, 1.807) is 39.3 Å². The van der Waals surface area contributed by atoms with Crippen LogP contribution < -0.4 is 14.8 Å². The number of nitrogens with one attached hydrogen (secondary N) is 1. The van der Waals surface area contributed by atoms with E-state index in [1.807, 2.05) is 13.8 Å². The summed E-state index contributed by atoms with van der Waals surface area (Å²) < 4.78 is 12.1. The molecule has 1 heterocycles. The molecule has 0 saturated carbocycles. The maximum atomic E-state index is 12.3. The summed E-state index contributed by atoms with van der Waals surface area (Å²) in [7, 11) is 3.11. The minimum atomic E-state index is -0.931. The predicted octanol–water partition coefficient (Wildman–Crippen LogP) is 1.83. The monoisotopic (exact) mass is 390 g/mol. The van der Waals surface area contributed by atoms with Crippen LogP contribution in [-0.2, 0) is 4.79 Å². The van der Waals surface area contributed by atoms with E-state index >= 15 is 0 Å². The number of carbonyl (C=O) groups excluding carboxylic acids is 1. The van der Waals surface area contributed by atoms with Gasteiger partial charge in [0, 0.05) is 6.07 Å². The van der Waals surface area contributed by atoms with E-state index in [0.29, 0.717) is 22.3 Å². The number of amides is 1. The quantitative estimate of drug-likeness (QED) is 0.679. The largest absolute Gasteiger partial charge is 0.497 e. The molecular weight excluding hydrogens is 368 g/mol. The fraction of sp³-hybridized carbons (Fsp3) is 0.471. The van der Waals surface area contributed by atoms with E-state index < -0.39 is 5.54 Å². The van der Waals surface area contributed by atoms with Crippen molar-refractivity contribution in [3.8, 4) is 23.3 Å². The number of hydrogen-bond donors (Lipinski definition) is 1. The third-order valence-corrected chi connectivity index (χ3v) is 5.09. The number of nitriles is 1. The molecule has 144 valence electrons. The first-order valence-corrected chi connectivity index (χ1v) is 9.19. The van der Waals surface area contributed by atoms with Crippen LogP contribution in [0, 0.1) is 17.2 Å². The normalized spacial score (nSPS) is 12.9. The van der Waals surface area contributed by atoms with Gasteiger partial charge in [-0.2, -0.15) is 9.94 Å². The van der Waals surface area contributed by atoms with Crippen LogP contribution in [-0.4, -0.2) is 51.6 Å². The average molecular weight is 390 g/mol. The van der Waals surface area contributed by atoms with Gasteiger partial charge in [0.25, 0.3) is 0 Å². The standard InChI is InChI=1S/C17H22N6O3S/c1-11(2)17(3,10-18)19-15(24)9-27-16-20-21-22-23(16)13-8-12(25-4)6-7-14(13)26-5/h6-8,11H,9H2,1-5H3,(H,19,24). The number of rotatable bonds is 8. The van der Waals surface area contributed by atoms with Gasteiger partial charge >= 0.3 is 0 Å². The summed E-state index contributed by atoms with van der Waals surface area (Å²) in [5.41, 5.74) is -0.339. The van der Waals surface area contributed by atoms with Crippen molar-refractivity contribution in [3.05, 3.63) is 18.2 Å². The summed E-state index contributed by atoms with van der Waals surface area (Å²) in [5.74, 6) is 0.951. The minimum Gasteiger partial charge on any atom is -0.497 e. The number of tetrazole rings is 1. The maximum Gasteiger partial charge on any atom is 0.231 e. The Hall–Kier alpha value is -2.80. The molecule has 9 nitrogen and oxygen atoms in total. The Morgan fingerprint density at radius 1 is 1.41 bits per heavy atom. The Morgan fingerprint density at radius 2 is 2.15 bits per heavy atom. The van der Waals surface area contributed by atoms with Crippen LogP contribution in [0.2, 0.25) is 0 Å². The van der Waals surface area contributed by atoms with Gasteiger partial charge in [0.2, 0.25) is 11.1 Å². The van der Waals surface area contributed by atoms with Crippen molar-refractivity contribution >= 4 is 17.7 Å². The van der Waals surface area contributed by atoms with Gasteiger partial charge in [0.05, 0.1) is 26.0 Å². The smallest absolute Gasteiger partial charge is 0.231 e. The Labute approximate surface area is 162 Å². The zero-order valence-electron chi connectivity index (χ0n) is 15.9. The van der Waals surface area contributed by atoms with Gasteiger partial charge in [-0.25, -0.2) is 0 Å². The fourth-order valence-corrected chi connectivity index (χ4v) is 2.82. The highest BCUT2D eigenvalue weighted by Gasteiger charge is 2.30. The van der Waals surface area contributed by atoms with E-state index in [1.165, 1.54) is 4.68 Å². The van der Waals surface area contributed by atoms with Gasteiger partial charge in [0.15, 0.2) is 0 Å². The molecule has 0 aliphatic rings. The highest BCUT2D eigenvalue weighted by atomic mass is 32.2. The molecule has 1 unspecified atom stereocenters. The SMILES string of the molecule is COc1ccc(OC)c(-n2nnnc2SCC(=O)NC(C)(C#N)C(C)C)c1. The lowest BCUT2D eigenvalue weighted by Crippen LogP contribution is -2.49. The number of thioether (sulfide) groups is 1. The van der Waals surface area contributed by atoms with Gasteiger partial charge in [-0.15, -0.1) is 5.10 Å². The number of ether oxygens (including phenoxy) is 2. The molecule has 0 radical (unpaired) electrons. The molecule has 1 aromatic heterocycles. The topological polar surface area (TPSA) is 115 Å². The molecule has 0 spiro atoms. The van der Waals surface area contributed by atoms with Gasteiger partial charge in [0.1, 0.15) is 22.7 Å². The fourth-order valence-electron chi connectivity index (χ4n) is 2.14. The van der Waals surface area contributed by atoms with Crippen LogP contribution in [0.1, 0.15) is 20.8 Å². The van der Waals surface area contributed by atoms with Crippen molar-refractivity contribution in [1.29, 1.82) is 5.26 Å². The molecule has 0 saturated heterocycles. The summed E-state index contributed by atoms with van der Waals surface area (Å²) in [4.78, 5) is 12.3. The Morgan fingerprint density at radius 3 is 2.74 bits per heavy atom. The number of benzene rings is 1. The van der Waals surface area contributed by atoms with Crippen LogP contribution in [0.25, 0.3) is 5.69 Å². The average Bonchev–Trinajstić information content (AvgIpc) is 3.13. The molecule has 27 heavy (non-hydrogen) atoms. The van der Waals surface area contributed by atoms with Crippen molar-refractivity contribution < 1.29 is 14.3 Å². The highest BCUT2D eigenvalue weighted by Crippen LogP contribution is 2.29. The van der Waals surface area contributed by atoms with E-state index in [0.717, 1.165) is 11.8 Å². The van der Waals surface area contributed by atoms with Gasteiger partial charge in [-0.05, 0) is 35.4 Å². The summed E-state index contributed by atoms with van der Waals surface area (Å²) >= 11 is 1.16. The molecule has 1 amide bonds. The van der Waals surface area contributed by atoms with Gasteiger partial charge in [-0.1, -0.05) is 25.6 Å². The molecule has 10 heteroatoms. The number of nitrogens with zero attached hydrogens (tertiary/aromatic N) is 5. The first kappa shape index (κ1) is 20.5. The third kappa shape index (κ3) is 4.68. The van der Waals surface area contributed by atoms with Crippen LogP contribution in [0.4, 0.5) is 0 Å². The second-order valence-electron chi connectivity index (χ2n) is 6.22. The van der Waals surface area contributed by atoms with Gasteiger partial charge in [-0.3, -0.25) is 4.79 Å². The lowest BCUT2D eigenvalue weighted by Gasteiger charge is -2.27. The number of aromatic nitrogens is 4. The second kappa shape index (κ2) is 8.73. The molecule has 0 fully saturated rings. The van der Waals surface area contributed by atoms with Crippen LogP contribution in [0.5, 0.6) is 11.5 Å². The third-order valence-electron chi connectivity index (χ3n) is 4.17. The molecular formula is C17H22N6O3S. The lowest BCUT2D eigenvalue weighted by atomic mass is 9.90. The molecule has 1 N–H and O–H groups in total. The van der Waals surface area contributed by atoms with Crippen LogP contribution in [0.15, 0.2) is 23.4 Å². The molecule has 0 aliphatic heterocycles. The first-order chi connectivity index (χ1) is 12.8. The Balaban J connectivity index is 2.17. The Bertz CT molecular complexity index is 847. The van der Waals surface area contributed by atoms with Crippen molar-refractivity contribution in [3.63, 3.8) is 0 Å². The zero-order valence-corrected chi connectivity index (χ0v) is 16.7. The van der Waals surface area contributed by atoms with Crippen molar-refractivity contribution in [2.24, 2.45) is 5.92 Å². The molecule has 2 rings (SSSR count). The summed E-state index contributed by atoms with van der Waals surface area (Å²) in [6, 6.07) is 7.40. The zero-order chi connectivity index (χ0) is 20.0. The van der Waals surface area contributed by atoms with E-state index in [-0.39, 0.29) is 17.6 Å². The van der Waals surface area contributed by atoms with E-state index in [9.17, 15) is 10.1 Å². The number of hydrogen-bond acceptors (Lipinski definition) is 8. The van der Waals surface area contributed by atoms with E-state index in [4.69, 9.17) is 9.47 Å². The Kier molecular flexibility index (Phi) is 6.63. The summed E-state index contributed by atoms with van der Waals surface area (Å²) in [6.07, 6.45) is 0. The molecule has 0 bridgehead atoms. The lowest BCUT2D eigenvalue weighted by molar-refractivity contribution is -0.120. The van der Waals surface area contributed by atoms with E-state index in [2.05, 4.69) is 26.9 Å². The summed E-state index contributed by atoms with van der Waals surface area (Å²) in [5, 5.41) is 24.1. The number of carbonyl (C=O) groups is 1.